The molecule has 1 aromatic heterocycles. The van der Waals surface area contributed by atoms with Crippen molar-refractivity contribution in [3.63, 3.8) is 0 Å². The van der Waals surface area contributed by atoms with Crippen LogP contribution >= 0.6 is 11.6 Å². The fraction of sp³-hybridized carbons (Fsp3) is 0.174. The van der Waals surface area contributed by atoms with Gasteiger partial charge in [-0.3, -0.25) is 4.79 Å². The molecule has 4 aromatic rings. The lowest BCUT2D eigenvalue weighted by Gasteiger charge is -2.11. The maximum Gasteiger partial charge on any atom is 0.255 e. The summed E-state index contributed by atoms with van der Waals surface area (Å²) >= 11 is 6.41. The summed E-state index contributed by atoms with van der Waals surface area (Å²) in [6.45, 7) is 4.72. The number of nitrogens with one attached hydrogen (secondary N) is 1. The maximum atomic E-state index is 12.9. The van der Waals surface area contributed by atoms with Crippen LogP contribution in [-0.2, 0) is 0 Å². The summed E-state index contributed by atoms with van der Waals surface area (Å²) in [5.74, 6) is 0.788. The van der Waals surface area contributed by atoms with Gasteiger partial charge in [0.05, 0.1) is 29.6 Å². The molecule has 0 aliphatic rings. The Labute approximate surface area is 184 Å². The lowest BCUT2D eigenvalue weighted by atomic mass is 10.1. The number of fused-ring (bicyclic) bond motifs is 1. The number of benzene rings is 3. The van der Waals surface area contributed by atoms with Gasteiger partial charge < -0.3 is 14.8 Å². The molecule has 3 aromatic carbocycles. The number of ether oxygens (including phenoxy) is 2. The number of carbonyl (C=O) groups is 1. The van der Waals surface area contributed by atoms with E-state index in [0.717, 1.165) is 5.69 Å². The smallest absolute Gasteiger partial charge is 0.255 e. The monoisotopic (exact) mass is 436 g/mol. The van der Waals surface area contributed by atoms with Crippen LogP contribution in [-0.4, -0.2) is 34.1 Å². The fourth-order valence-electron chi connectivity index (χ4n) is 3.11. The molecule has 31 heavy (non-hydrogen) atoms. The van der Waals surface area contributed by atoms with Gasteiger partial charge in [-0.25, -0.2) is 0 Å². The van der Waals surface area contributed by atoms with Crippen LogP contribution in [0.25, 0.3) is 16.7 Å². The molecule has 0 aliphatic heterocycles. The minimum atomic E-state index is -0.334. The molecule has 0 aliphatic carbocycles. The van der Waals surface area contributed by atoms with Crippen LogP contribution in [0.5, 0.6) is 11.5 Å². The average Bonchev–Trinajstić information content (AvgIpc) is 3.17. The van der Waals surface area contributed by atoms with Crippen LogP contribution < -0.4 is 14.8 Å². The first kappa shape index (κ1) is 20.7. The van der Waals surface area contributed by atoms with Crippen molar-refractivity contribution in [2.75, 3.05) is 18.5 Å². The lowest BCUT2D eigenvalue weighted by Crippen LogP contribution is -2.13. The van der Waals surface area contributed by atoms with Crippen molar-refractivity contribution in [2.45, 2.75) is 13.8 Å². The molecule has 4 rings (SSSR count). The highest BCUT2D eigenvalue weighted by Gasteiger charge is 2.15. The highest BCUT2D eigenvalue weighted by Crippen LogP contribution is 2.29. The van der Waals surface area contributed by atoms with E-state index in [9.17, 15) is 4.79 Å². The van der Waals surface area contributed by atoms with Gasteiger partial charge in [-0.2, -0.15) is 4.80 Å². The Balaban J connectivity index is 1.63. The third kappa shape index (κ3) is 4.62. The minimum absolute atomic E-state index is 0.334. The molecule has 1 N–H and O–H groups in total. The number of para-hydroxylation sites is 1. The van der Waals surface area contributed by atoms with E-state index < -0.39 is 0 Å². The molecule has 0 spiro atoms. The molecule has 8 heteroatoms. The van der Waals surface area contributed by atoms with Gasteiger partial charge in [0, 0.05) is 11.6 Å². The van der Waals surface area contributed by atoms with Gasteiger partial charge in [-0.05, 0) is 50.2 Å². The van der Waals surface area contributed by atoms with Crippen molar-refractivity contribution in [3.05, 3.63) is 71.2 Å². The zero-order valence-corrected chi connectivity index (χ0v) is 17.9. The van der Waals surface area contributed by atoms with Crippen molar-refractivity contribution in [1.29, 1.82) is 0 Å². The molecule has 0 radical (unpaired) electrons. The molecular weight excluding hydrogens is 416 g/mol. The molecule has 0 unspecified atom stereocenters. The number of rotatable bonds is 7. The van der Waals surface area contributed by atoms with Crippen LogP contribution in [0.15, 0.2) is 60.7 Å². The van der Waals surface area contributed by atoms with Crippen molar-refractivity contribution in [2.24, 2.45) is 0 Å². The Kier molecular flexibility index (Phi) is 6.04. The number of anilines is 1. The molecule has 0 atom stereocenters. The van der Waals surface area contributed by atoms with Gasteiger partial charge in [-0.1, -0.05) is 29.8 Å². The molecule has 0 bridgehead atoms. The van der Waals surface area contributed by atoms with Gasteiger partial charge >= 0.3 is 0 Å². The quantitative estimate of drug-likeness (QED) is 0.435. The Morgan fingerprint density at radius 2 is 1.55 bits per heavy atom. The van der Waals surface area contributed by atoms with E-state index >= 15 is 0 Å². The Bertz CT molecular complexity index is 1200. The van der Waals surface area contributed by atoms with E-state index in [4.69, 9.17) is 21.1 Å². The molecule has 158 valence electrons. The van der Waals surface area contributed by atoms with Gasteiger partial charge in [0.25, 0.3) is 5.91 Å². The zero-order chi connectivity index (χ0) is 21.8. The van der Waals surface area contributed by atoms with E-state index in [1.807, 2.05) is 44.2 Å². The standard InChI is InChI=1S/C23H21ClN4O3/c1-3-30-17-10-15(11-18(12-17)31-4-2)23(29)25-20-14-22-21(13-19(20)24)26-28(27-22)16-8-6-5-7-9-16/h5-14H,3-4H2,1-2H3,(H,25,29). The Hall–Kier alpha value is -3.58. The van der Waals surface area contributed by atoms with E-state index in [-0.39, 0.29) is 5.91 Å². The zero-order valence-electron chi connectivity index (χ0n) is 17.1. The SMILES string of the molecule is CCOc1cc(OCC)cc(C(=O)Nc2cc3nn(-c4ccccc4)nc3cc2Cl)c1. The predicted molar refractivity (Wildman–Crippen MR) is 121 cm³/mol. The number of aromatic nitrogens is 3. The van der Waals surface area contributed by atoms with Crippen molar-refractivity contribution in [1.82, 2.24) is 15.0 Å². The number of carbonyl (C=O) groups excluding carboxylic acids is 1. The number of amides is 1. The van der Waals surface area contributed by atoms with E-state index in [0.29, 0.717) is 52.0 Å². The summed E-state index contributed by atoms with van der Waals surface area (Å²) in [5.41, 5.74) is 2.92. The molecule has 0 fully saturated rings. The summed E-state index contributed by atoms with van der Waals surface area (Å²) in [6.07, 6.45) is 0. The molecular formula is C23H21ClN4O3. The number of halogens is 1. The number of hydrogen-bond donors (Lipinski definition) is 1. The van der Waals surface area contributed by atoms with Crippen molar-refractivity contribution in [3.8, 4) is 17.2 Å². The van der Waals surface area contributed by atoms with Crippen LogP contribution in [0.2, 0.25) is 5.02 Å². The summed E-state index contributed by atoms with van der Waals surface area (Å²) in [7, 11) is 0. The fourth-order valence-corrected chi connectivity index (χ4v) is 3.31. The maximum absolute atomic E-state index is 12.9. The molecule has 0 saturated heterocycles. The van der Waals surface area contributed by atoms with Crippen LogP contribution in [0.1, 0.15) is 24.2 Å². The van der Waals surface area contributed by atoms with E-state index in [1.54, 1.807) is 30.3 Å². The minimum Gasteiger partial charge on any atom is -0.494 e. The largest absolute Gasteiger partial charge is 0.494 e. The highest BCUT2D eigenvalue weighted by atomic mass is 35.5. The van der Waals surface area contributed by atoms with Crippen molar-refractivity contribution < 1.29 is 14.3 Å². The van der Waals surface area contributed by atoms with Gasteiger partial charge in [0.1, 0.15) is 22.5 Å². The van der Waals surface area contributed by atoms with Crippen LogP contribution in [0.4, 0.5) is 5.69 Å². The molecule has 1 heterocycles. The average molecular weight is 437 g/mol. The number of nitrogens with zero attached hydrogens (tertiary/aromatic N) is 3. The topological polar surface area (TPSA) is 78.3 Å². The highest BCUT2D eigenvalue weighted by molar-refractivity contribution is 6.34. The molecule has 1 amide bonds. The predicted octanol–water partition coefficient (Wildman–Crippen LogP) is 5.12. The second-order valence-corrected chi connectivity index (χ2v) is 7.07. The molecule has 0 saturated carbocycles. The van der Waals surface area contributed by atoms with Gasteiger partial charge in [0.2, 0.25) is 0 Å². The first-order valence-electron chi connectivity index (χ1n) is 9.91. The van der Waals surface area contributed by atoms with E-state index in [1.165, 1.54) is 4.80 Å². The lowest BCUT2D eigenvalue weighted by molar-refractivity contribution is 0.102. The Morgan fingerprint density at radius 1 is 0.935 bits per heavy atom. The second kappa shape index (κ2) is 9.06. The second-order valence-electron chi connectivity index (χ2n) is 6.66. The van der Waals surface area contributed by atoms with Gasteiger partial charge in [0.15, 0.2) is 0 Å². The summed E-state index contributed by atoms with van der Waals surface area (Å²) < 4.78 is 11.1. The van der Waals surface area contributed by atoms with Gasteiger partial charge in [-0.15, -0.1) is 10.2 Å². The third-order valence-electron chi connectivity index (χ3n) is 4.47. The van der Waals surface area contributed by atoms with Crippen LogP contribution in [0.3, 0.4) is 0 Å². The number of hydrogen-bond acceptors (Lipinski definition) is 5. The van der Waals surface area contributed by atoms with Crippen molar-refractivity contribution >= 4 is 34.2 Å². The first-order valence-corrected chi connectivity index (χ1v) is 10.3. The third-order valence-corrected chi connectivity index (χ3v) is 4.78. The van der Waals surface area contributed by atoms with Crippen LogP contribution in [0, 0.1) is 0 Å². The summed E-state index contributed by atoms with van der Waals surface area (Å²) in [4.78, 5) is 14.5. The molecule has 7 nitrogen and oxygen atoms in total. The van der Waals surface area contributed by atoms with E-state index in [2.05, 4.69) is 15.5 Å². The summed E-state index contributed by atoms with van der Waals surface area (Å²) in [5, 5.41) is 12.2. The normalized spacial score (nSPS) is 10.8. The Morgan fingerprint density at radius 3 is 2.16 bits per heavy atom. The summed E-state index contributed by atoms with van der Waals surface area (Å²) in [6, 6.07) is 18.0. The first-order chi connectivity index (χ1) is 15.1.